The predicted molar refractivity (Wildman–Crippen MR) is 76.9 cm³/mol. The maximum Gasteiger partial charge on any atom is 0.258 e. The van der Waals surface area contributed by atoms with Gasteiger partial charge in [0.2, 0.25) is 0 Å². The van der Waals surface area contributed by atoms with Gasteiger partial charge in [-0.3, -0.25) is 4.79 Å². The van der Waals surface area contributed by atoms with E-state index in [-0.39, 0.29) is 18.6 Å². The smallest absolute Gasteiger partial charge is 0.258 e. The van der Waals surface area contributed by atoms with Crippen molar-refractivity contribution in [3.8, 4) is 5.75 Å². The Balaban J connectivity index is 2.47. The van der Waals surface area contributed by atoms with Crippen molar-refractivity contribution >= 4 is 21.8 Å². The molecular formula is C14H20BrNO2. The Bertz CT molecular complexity index is 403. The third kappa shape index (κ3) is 4.69. The molecule has 0 aliphatic carbocycles. The molecule has 0 aliphatic rings. The van der Waals surface area contributed by atoms with Gasteiger partial charge in [-0.15, -0.1) is 0 Å². The molecule has 18 heavy (non-hydrogen) atoms. The van der Waals surface area contributed by atoms with Gasteiger partial charge in [-0.25, -0.2) is 0 Å². The van der Waals surface area contributed by atoms with Gasteiger partial charge in [0.05, 0.1) is 4.47 Å². The van der Waals surface area contributed by atoms with E-state index in [0.717, 1.165) is 22.9 Å². The minimum absolute atomic E-state index is 0.0537. The van der Waals surface area contributed by atoms with Crippen molar-refractivity contribution in [1.82, 2.24) is 5.32 Å². The molecule has 0 bridgehead atoms. The van der Waals surface area contributed by atoms with E-state index < -0.39 is 0 Å². The molecule has 1 aromatic rings. The maximum absolute atomic E-state index is 11.7. The first-order chi connectivity index (χ1) is 8.56. The summed E-state index contributed by atoms with van der Waals surface area (Å²) < 4.78 is 6.36. The van der Waals surface area contributed by atoms with Gasteiger partial charge in [-0.2, -0.15) is 0 Å². The molecule has 0 saturated carbocycles. The topological polar surface area (TPSA) is 38.3 Å². The number of rotatable bonds is 6. The number of nitrogens with one attached hydrogen (secondary N) is 1. The molecule has 0 fully saturated rings. The first-order valence-corrected chi connectivity index (χ1v) is 7.04. The van der Waals surface area contributed by atoms with E-state index in [1.165, 1.54) is 0 Å². The van der Waals surface area contributed by atoms with E-state index in [2.05, 4.69) is 35.1 Å². The van der Waals surface area contributed by atoms with E-state index in [1.54, 1.807) is 0 Å². The van der Waals surface area contributed by atoms with Crippen LogP contribution in [0.15, 0.2) is 22.7 Å². The lowest BCUT2D eigenvalue weighted by Gasteiger charge is -2.15. The molecule has 1 rings (SSSR count). The highest BCUT2D eigenvalue weighted by Crippen LogP contribution is 2.25. The first kappa shape index (κ1) is 15.0. The fraction of sp³-hybridized carbons (Fsp3) is 0.500. The molecule has 0 radical (unpaired) electrons. The average molecular weight is 314 g/mol. The second-order valence-corrected chi connectivity index (χ2v) is 5.16. The van der Waals surface area contributed by atoms with Gasteiger partial charge in [0.25, 0.3) is 5.91 Å². The molecule has 100 valence electrons. The fourth-order valence-electron chi connectivity index (χ4n) is 1.63. The van der Waals surface area contributed by atoms with Crippen molar-refractivity contribution in [2.45, 2.75) is 39.7 Å². The first-order valence-electron chi connectivity index (χ1n) is 6.25. The summed E-state index contributed by atoms with van der Waals surface area (Å²) in [4.78, 5) is 11.7. The molecule has 4 heteroatoms. The monoisotopic (exact) mass is 313 g/mol. The van der Waals surface area contributed by atoms with E-state index >= 15 is 0 Å². The van der Waals surface area contributed by atoms with Crippen molar-refractivity contribution in [3.63, 3.8) is 0 Å². The second kappa shape index (κ2) is 7.41. The maximum atomic E-state index is 11.7. The molecule has 0 spiro atoms. The largest absolute Gasteiger partial charge is 0.483 e. The zero-order valence-electron chi connectivity index (χ0n) is 11.1. The number of hydrogen-bond acceptors (Lipinski definition) is 2. The lowest BCUT2D eigenvalue weighted by atomic mass is 10.2. The lowest BCUT2D eigenvalue weighted by molar-refractivity contribution is -0.123. The number of carbonyl (C=O) groups is 1. The van der Waals surface area contributed by atoms with E-state index in [9.17, 15) is 4.79 Å². The van der Waals surface area contributed by atoms with Gasteiger partial charge < -0.3 is 10.1 Å². The van der Waals surface area contributed by atoms with Crippen LogP contribution in [0.5, 0.6) is 5.75 Å². The van der Waals surface area contributed by atoms with Gasteiger partial charge in [0.15, 0.2) is 6.61 Å². The standard InChI is InChI=1S/C14H20BrNO2/c1-4-11(5-2)16-14(17)9-18-13-7-6-10(3)8-12(13)15/h6-8,11H,4-5,9H2,1-3H3,(H,16,17). The molecule has 0 saturated heterocycles. The Morgan fingerprint density at radius 3 is 2.61 bits per heavy atom. The number of benzene rings is 1. The van der Waals surface area contributed by atoms with Crippen LogP contribution in [0, 0.1) is 6.92 Å². The number of hydrogen-bond donors (Lipinski definition) is 1. The molecular weight excluding hydrogens is 294 g/mol. The summed E-state index contributed by atoms with van der Waals surface area (Å²) in [6.07, 6.45) is 1.88. The summed E-state index contributed by atoms with van der Waals surface area (Å²) in [5.41, 5.74) is 1.15. The highest BCUT2D eigenvalue weighted by atomic mass is 79.9. The molecule has 1 amide bonds. The van der Waals surface area contributed by atoms with Gasteiger partial charge in [0.1, 0.15) is 5.75 Å². The van der Waals surface area contributed by atoms with Gasteiger partial charge >= 0.3 is 0 Å². The Labute approximate surface area is 117 Å². The SMILES string of the molecule is CCC(CC)NC(=O)COc1ccc(C)cc1Br. The Kier molecular flexibility index (Phi) is 6.19. The number of halogens is 1. The summed E-state index contributed by atoms with van der Waals surface area (Å²) in [5.74, 6) is 0.622. The number of aryl methyl sites for hydroxylation is 1. The summed E-state index contributed by atoms with van der Waals surface area (Å²) in [7, 11) is 0. The fourth-order valence-corrected chi connectivity index (χ4v) is 2.24. The van der Waals surface area contributed by atoms with Crippen LogP contribution in [0.1, 0.15) is 32.3 Å². The number of carbonyl (C=O) groups excluding carboxylic acids is 1. The predicted octanol–water partition coefficient (Wildman–Crippen LogP) is 3.44. The van der Waals surface area contributed by atoms with Crippen LogP contribution in [0.4, 0.5) is 0 Å². The van der Waals surface area contributed by atoms with Crippen molar-refractivity contribution in [1.29, 1.82) is 0 Å². The summed E-state index contributed by atoms with van der Waals surface area (Å²) in [5, 5.41) is 2.94. The highest BCUT2D eigenvalue weighted by Gasteiger charge is 2.09. The minimum atomic E-state index is -0.0730. The van der Waals surface area contributed by atoms with Crippen LogP contribution in [-0.2, 0) is 4.79 Å². The molecule has 0 atom stereocenters. The van der Waals surface area contributed by atoms with Gasteiger partial charge in [0, 0.05) is 6.04 Å². The van der Waals surface area contributed by atoms with Crippen molar-refractivity contribution < 1.29 is 9.53 Å². The van der Waals surface area contributed by atoms with Crippen molar-refractivity contribution in [3.05, 3.63) is 28.2 Å². The highest BCUT2D eigenvalue weighted by molar-refractivity contribution is 9.10. The van der Waals surface area contributed by atoms with E-state index in [0.29, 0.717) is 5.75 Å². The van der Waals surface area contributed by atoms with Gasteiger partial charge in [-0.05, 0) is 53.4 Å². The second-order valence-electron chi connectivity index (χ2n) is 4.30. The van der Waals surface area contributed by atoms with Crippen molar-refractivity contribution in [2.24, 2.45) is 0 Å². The lowest BCUT2D eigenvalue weighted by Crippen LogP contribution is -2.37. The minimum Gasteiger partial charge on any atom is -0.483 e. The molecule has 0 aliphatic heterocycles. The van der Waals surface area contributed by atoms with Crippen LogP contribution in [0.3, 0.4) is 0 Å². The van der Waals surface area contributed by atoms with Crippen molar-refractivity contribution in [2.75, 3.05) is 6.61 Å². The van der Waals surface area contributed by atoms with E-state index in [1.807, 2.05) is 25.1 Å². The Hall–Kier alpha value is -1.03. The van der Waals surface area contributed by atoms with Crippen LogP contribution < -0.4 is 10.1 Å². The van der Waals surface area contributed by atoms with Crippen LogP contribution in [-0.4, -0.2) is 18.6 Å². The molecule has 1 aromatic carbocycles. The van der Waals surface area contributed by atoms with Crippen LogP contribution in [0.25, 0.3) is 0 Å². The summed E-state index contributed by atoms with van der Waals surface area (Å²) in [6, 6.07) is 6.03. The van der Waals surface area contributed by atoms with Crippen LogP contribution in [0.2, 0.25) is 0 Å². The zero-order chi connectivity index (χ0) is 13.5. The van der Waals surface area contributed by atoms with E-state index in [4.69, 9.17) is 4.74 Å². The van der Waals surface area contributed by atoms with Crippen LogP contribution >= 0.6 is 15.9 Å². The summed E-state index contributed by atoms with van der Waals surface area (Å²) >= 11 is 3.42. The summed E-state index contributed by atoms with van der Waals surface area (Å²) in [6.45, 7) is 6.18. The molecule has 0 heterocycles. The normalized spacial score (nSPS) is 10.5. The average Bonchev–Trinajstić information content (AvgIpc) is 2.35. The Morgan fingerprint density at radius 1 is 1.39 bits per heavy atom. The number of amides is 1. The molecule has 1 N–H and O–H groups in total. The quantitative estimate of drug-likeness (QED) is 0.873. The molecule has 0 aromatic heterocycles. The third-order valence-electron chi connectivity index (χ3n) is 2.80. The Morgan fingerprint density at radius 2 is 2.06 bits per heavy atom. The molecule has 3 nitrogen and oxygen atoms in total. The number of ether oxygens (including phenoxy) is 1. The zero-order valence-corrected chi connectivity index (χ0v) is 12.7. The van der Waals surface area contributed by atoms with Gasteiger partial charge in [-0.1, -0.05) is 19.9 Å². The third-order valence-corrected chi connectivity index (χ3v) is 3.42. The molecule has 0 unspecified atom stereocenters.